The fourth-order valence-corrected chi connectivity index (χ4v) is 0.950. The van der Waals surface area contributed by atoms with Crippen LogP contribution in [-0.2, 0) is 0 Å². The number of hydrogen-bond acceptors (Lipinski definition) is 1. The fraction of sp³-hybridized carbons (Fsp3) is 1.00. The normalized spacial score (nSPS) is 14.3. The molecule has 0 bridgehead atoms. The quantitative estimate of drug-likeness (QED) is 0.562. The van der Waals surface area contributed by atoms with Gasteiger partial charge in [0.05, 0.1) is 0 Å². The Kier molecular flexibility index (Phi) is 4.78. The molecule has 1 unspecified atom stereocenters. The number of rotatable bonds is 4. The van der Waals surface area contributed by atoms with E-state index < -0.39 is 0 Å². The summed E-state index contributed by atoms with van der Waals surface area (Å²) in [6.07, 6.45) is 2.62. The van der Waals surface area contributed by atoms with Crippen molar-refractivity contribution in [2.24, 2.45) is 0 Å². The zero-order valence-corrected chi connectivity index (χ0v) is 7.15. The minimum atomic E-state index is 0.764. The van der Waals surface area contributed by atoms with Crippen molar-refractivity contribution in [3.05, 3.63) is 0 Å². The molecule has 9 heavy (non-hydrogen) atoms. The van der Waals surface area contributed by atoms with Gasteiger partial charge in [-0.2, -0.15) is 0 Å². The van der Waals surface area contributed by atoms with Gasteiger partial charge in [-0.05, 0) is 26.9 Å². The molecule has 0 N–H and O–H groups in total. The van der Waals surface area contributed by atoms with E-state index in [-0.39, 0.29) is 0 Å². The van der Waals surface area contributed by atoms with Crippen molar-refractivity contribution in [2.45, 2.75) is 39.7 Å². The second-order valence-electron chi connectivity index (χ2n) is 2.71. The summed E-state index contributed by atoms with van der Waals surface area (Å²) in [6, 6.07) is 0.764. The van der Waals surface area contributed by atoms with Crippen LogP contribution >= 0.6 is 0 Å². The van der Waals surface area contributed by atoms with Crippen molar-refractivity contribution >= 4 is 0 Å². The van der Waals surface area contributed by atoms with Gasteiger partial charge in [0.25, 0.3) is 0 Å². The highest BCUT2D eigenvalue weighted by Gasteiger charge is 2.03. The van der Waals surface area contributed by atoms with Gasteiger partial charge in [0.1, 0.15) is 0 Å². The van der Waals surface area contributed by atoms with Crippen molar-refractivity contribution in [3.8, 4) is 0 Å². The lowest BCUT2D eigenvalue weighted by Gasteiger charge is -2.21. The van der Waals surface area contributed by atoms with Crippen molar-refractivity contribution in [3.63, 3.8) is 0 Å². The molecule has 1 nitrogen and oxygen atoms in total. The summed E-state index contributed by atoms with van der Waals surface area (Å²) in [5.41, 5.74) is 0. The Morgan fingerprint density at radius 2 is 1.89 bits per heavy atom. The first-order chi connectivity index (χ1) is 4.22. The van der Waals surface area contributed by atoms with E-state index in [1.54, 1.807) is 0 Å². The highest BCUT2D eigenvalue weighted by atomic mass is 15.1. The van der Waals surface area contributed by atoms with Gasteiger partial charge < -0.3 is 4.90 Å². The molecule has 0 aromatic heterocycles. The van der Waals surface area contributed by atoms with Crippen LogP contribution in [0.25, 0.3) is 0 Å². The highest BCUT2D eigenvalue weighted by Crippen LogP contribution is 2.01. The van der Waals surface area contributed by atoms with Gasteiger partial charge in [0.15, 0.2) is 0 Å². The van der Waals surface area contributed by atoms with E-state index >= 15 is 0 Å². The molecule has 0 rings (SSSR count). The van der Waals surface area contributed by atoms with E-state index in [2.05, 4.69) is 32.7 Å². The van der Waals surface area contributed by atoms with Crippen molar-refractivity contribution < 1.29 is 0 Å². The minimum absolute atomic E-state index is 0.764. The third-order valence-electron chi connectivity index (χ3n) is 1.96. The summed E-state index contributed by atoms with van der Waals surface area (Å²) in [7, 11) is 2.18. The molecule has 0 aromatic rings. The standard InChI is InChI=1S/C8H19N/c1-5-7-8(3)9(4)6-2/h8H,5-7H2,1-4H3. The van der Waals surface area contributed by atoms with Crippen molar-refractivity contribution in [2.75, 3.05) is 13.6 Å². The van der Waals surface area contributed by atoms with Crippen LogP contribution in [0.3, 0.4) is 0 Å². The largest absolute Gasteiger partial charge is 0.304 e. The molecule has 0 aliphatic carbocycles. The third-order valence-corrected chi connectivity index (χ3v) is 1.96. The second kappa shape index (κ2) is 4.80. The van der Waals surface area contributed by atoms with Gasteiger partial charge in [-0.25, -0.2) is 0 Å². The summed E-state index contributed by atoms with van der Waals surface area (Å²) in [5.74, 6) is 0. The summed E-state index contributed by atoms with van der Waals surface area (Å²) in [5, 5.41) is 0. The Hall–Kier alpha value is -0.0400. The molecule has 1 atom stereocenters. The van der Waals surface area contributed by atoms with E-state index in [0.29, 0.717) is 0 Å². The zero-order valence-electron chi connectivity index (χ0n) is 7.15. The van der Waals surface area contributed by atoms with Gasteiger partial charge in [-0.3, -0.25) is 0 Å². The molecule has 0 spiro atoms. The minimum Gasteiger partial charge on any atom is -0.304 e. The first-order valence-electron chi connectivity index (χ1n) is 3.92. The molecule has 0 fully saturated rings. The summed E-state index contributed by atoms with van der Waals surface area (Å²) < 4.78 is 0. The lowest BCUT2D eigenvalue weighted by molar-refractivity contribution is 0.257. The molecule has 0 radical (unpaired) electrons. The van der Waals surface area contributed by atoms with Crippen LogP contribution in [0.15, 0.2) is 0 Å². The summed E-state index contributed by atoms with van der Waals surface area (Å²) >= 11 is 0. The zero-order chi connectivity index (χ0) is 7.28. The maximum absolute atomic E-state index is 2.38. The van der Waals surface area contributed by atoms with Gasteiger partial charge in [-0.15, -0.1) is 0 Å². The average molecular weight is 129 g/mol. The third kappa shape index (κ3) is 3.52. The van der Waals surface area contributed by atoms with Gasteiger partial charge in [0, 0.05) is 6.04 Å². The smallest absolute Gasteiger partial charge is 0.00636 e. The fourth-order valence-electron chi connectivity index (χ4n) is 0.950. The maximum Gasteiger partial charge on any atom is 0.00636 e. The first-order valence-corrected chi connectivity index (χ1v) is 3.92. The van der Waals surface area contributed by atoms with E-state index in [4.69, 9.17) is 0 Å². The summed E-state index contributed by atoms with van der Waals surface area (Å²) in [4.78, 5) is 2.38. The SMILES string of the molecule is CCCC(C)N(C)CC. The van der Waals surface area contributed by atoms with Gasteiger partial charge in [-0.1, -0.05) is 20.3 Å². The molecule has 0 aliphatic rings. The predicted octanol–water partition coefficient (Wildman–Crippen LogP) is 2.13. The van der Waals surface area contributed by atoms with Crippen LogP contribution < -0.4 is 0 Å². The van der Waals surface area contributed by atoms with Crippen LogP contribution in [0.4, 0.5) is 0 Å². The molecule has 56 valence electrons. The number of nitrogens with zero attached hydrogens (tertiary/aromatic N) is 1. The van der Waals surface area contributed by atoms with E-state index in [1.165, 1.54) is 19.4 Å². The van der Waals surface area contributed by atoms with Crippen LogP contribution in [-0.4, -0.2) is 24.5 Å². The summed E-state index contributed by atoms with van der Waals surface area (Å²) in [6.45, 7) is 7.89. The van der Waals surface area contributed by atoms with Crippen LogP contribution in [0.1, 0.15) is 33.6 Å². The molecule has 0 amide bonds. The Labute approximate surface area is 59.1 Å². The molecular weight excluding hydrogens is 110 g/mol. The highest BCUT2D eigenvalue weighted by molar-refractivity contribution is 4.59. The monoisotopic (exact) mass is 129 g/mol. The lowest BCUT2D eigenvalue weighted by atomic mass is 10.2. The maximum atomic E-state index is 2.38. The van der Waals surface area contributed by atoms with Gasteiger partial charge in [0.2, 0.25) is 0 Å². The Morgan fingerprint density at radius 3 is 2.22 bits per heavy atom. The molecule has 0 heterocycles. The second-order valence-corrected chi connectivity index (χ2v) is 2.71. The van der Waals surface area contributed by atoms with Crippen LogP contribution in [0, 0.1) is 0 Å². The lowest BCUT2D eigenvalue weighted by Crippen LogP contribution is -2.28. The molecule has 1 heteroatoms. The average Bonchev–Trinajstić information content (AvgIpc) is 1.87. The van der Waals surface area contributed by atoms with Crippen LogP contribution in [0.2, 0.25) is 0 Å². The molecule has 0 aromatic carbocycles. The first kappa shape index (κ1) is 8.96. The molecule has 0 aliphatic heterocycles. The number of hydrogen-bond donors (Lipinski definition) is 0. The predicted molar refractivity (Wildman–Crippen MR) is 42.7 cm³/mol. The molecular formula is C8H19N. The Bertz CT molecular complexity index is 61.6. The van der Waals surface area contributed by atoms with Gasteiger partial charge >= 0.3 is 0 Å². The van der Waals surface area contributed by atoms with E-state index in [0.717, 1.165) is 6.04 Å². The topological polar surface area (TPSA) is 3.24 Å². The van der Waals surface area contributed by atoms with E-state index in [1.807, 2.05) is 0 Å². The van der Waals surface area contributed by atoms with Crippen LogP contribution in [0.5, 0.6) is 0 Å². The molecule has 0 saturated carbocycles. The van der Waals surface area contributed by atoms with Crippen molar-refractivity contribution in [1.82, 2.24) is 4.90 Å². The van der Waals surface area contributed by atoms with Crippen molar-refractivity contribution in [1.29, 1.82) is 0 Å². The van der Waals surface area contributed by atoms with E-state index in [9.17, 15) is 0 Å². The Morgan fingerprint density at radius 1 is 1.33 bits per heavy atom. The Balaban J connectivity index is 3.32. The molecule has 0 saturated heterocycles.